The Labute approximate surface area is 170 Å². The molecular formula is C21H29F3N4O. The summed E-state index contributed by atoms with van der Waals surface area (Å²) >= 11 is 0. The average molecular weight is 410 g/mol. The number of anilines is 1. The molecule has 1 N–H and O–H groups in total. The second kappa shape index (κ2) is 10.1. The van der Waals surface area contributed by atoms with Crippen molar-refractivity contribution in [2.75, 3.05) is 44.2 Å². The van der Waals surface area contributed by atoms with E-state index in [2.05, 4.69) is 21.3 Å². The van der Waals surface area contributed by atoms with Crippen molar-refractivity contribution in [3.63, 3.8) is 0 Å². The maximum Gasteiger partial charge on any atom is 0.417 e. The SMILES string of the molecule is O=C(CN1CCCN(c2ccc(C(F)(F)F)cn2)CC1)NCCC1=CCCCC1. The summed E-state index contributed by atoms with van der Waals surface area (Å²) in [5, 5.41) is 3.01. The van der Waals surface area contributed by atoms with Gasteiger partial charge in [0, 0.05) is 38.9 Å². The highest BCUT2D eigenvalue weighted by atomic mass is 19.4. The topological polar surface area (TPSA) is 48.5 Å². The van der Waals surface area contributed by atoms with Crippen LogP contribution in [0, 0.1) is 0 Å². The summed E-state index contributed by atoms with van der Waals surface area (Å²) in [5.74, 6) is 0.576. The highest BCUT2D eigenvalue weighted by Gasteiger charge is 2.31. The number of halogens is 3. The van der Waals surface area contributed by atoms with E-state index in [9.17, 15) is 18.0 Å². The van der Waals surface area contributed by atoms with E-state index in [0.717, 1.165) is 44.5 Å². The number of pyridine rings is 1. The molecule has 1 aliphatic carbocycles. The lowest BCUT2D eigenvalue weighted by Crippen LogP contribution is -2.39. The van der Waals surface area contributed by atoms with Crippen molar-refractivity contribution in [3.05, 3.63) is 35.5 Å². The van der Waals surface area contributed by atoms with Crippen molar-refractivity contribution in [2.24, 2.45) is 0 Å². The number of allylic oxidation sites excluding steroid dienone is 1. The Balaban J connectivity index is 1.42. The van der Waals surface area contributed by atoms with Crippen LogP contribution in [0.15, 0.2) is 30.0 Å². The van der Waals surface area contributed by atoms with E-state index in [1.807, 2.05) is 4.90 Å². The molecule has 0 saturated carbocycles. The molecule has 0 atom stereocenters. The fourth-order valence-corrected chi connectivity index (χ4v) is 3.85. The predicted octanol–water partition coefficient (Wildman–Crippen LogP) is 3.62. The first-order valence-electron chi connectivity index (χ1n) is 10.4. The Morgan fingerprint density at radius 2 is 1.97 bits per heavy atom. The molecule has 5 nitrogen and oxygen atoms in total. The number of nitrogens with zero attached hydrogens (tertiary/aromatic N) is 3. The highest BCUT2D eigenvalue weighted by molar-refractivity contribution is 5.78. The van der Waals surface area contributed by atoms with Gasteiger partial charge in [0.15, 0.2) is 0 Å². The summed E-state index contributed by atoms with van der Waals surface area (Å²) < 4.78 is 38.1. The highest BCUT2D eigenvalue weighted by Crippen LogP contribution is 2.29. The standard InChI is InChI=1S/C21H29F3N4O/c22-21(23,24)18-7-8-19(26-15-18)28-12-4-11-27(13-14-28)16-20(29)25-10-9-17-5-2-1-3-6-17/h5,7-8,15H,1-4,6,9-14,16H2,(H,25,29). The number of alkyl halides is 3. The van der Waals surface area contributed by atoms with Gasteiger partial charge < -0.3 is 10.2 Å². The van der Waals surface area contributed by atoms with E-state index in [1.54, 1.807) is 0 Å². The van der Waals surface area contributed by atoms with Gasteiger partial charge in [-0.3, -0.25) is 9.69 Å². The molecule has 1 fully saturated rings. The van der Waals surface area contributed by atoms with E-state index in [1.165, 1.54) is 24.5 Å². The minimum absolute atomic E-state index is 0.0301. The largest absolute Gasteiger partial charge is 0.417 e. The van der Waals surface area contributed by atoms with Gasteiger partial charge in [-0.25, -0.2) is 4.98 Å². The van der Waals surface area contributed by atoms with Crippen LogP contribution in [0.25, 0.3) is 0 Å². The number of hydrogen-bond donors (Lipinski definition) is 1. The third-order valence-corrected chi connectivity index (χ3v) is 5.51. The molecule has 1 aromatic rings. The molecule has 0 radical (unpaired) electrons. The van der Waals surface area contributed by atoms with E-state index in [0.29, 0.717) is 38.5 Å². The molecule has 1 aliphatic heterocycles. The minimum Gasteiger partial charge on any atom is -0.355 e. The predicted molar refractivity (Wildman–Crippen MR) is 107 cm³/mol. The Bertz CT molecular complexity index is 703. The van der Waals surface area contributed by atoms with Crippen LogP contribution in [-0.4, -0.2) is 55.1 Å². The Morgan fingerprint density at radius 3 is 2.66 bits per heavy atom. The smallest absolute Gasteiger partial charge is 0.355 e. The summed E-state index contributed by atoms with van der Waals surface area (Å²) in [6.07, 6.45) is 5.39. The zero-order chi connectivity index (χ0) is 20.7. The van der Waals surface area contributed by atoms with Gasteiger partial charge in [-0.15, -0.1) is 0 Å². The summed E-state index contributed by atoms with van der Waals surface area (Å²) in [6.45, 7) is 3.85. The van der Waals surface area contributed by atoms with Crippen LogP contribution >= 0.6 is 0 Å². The second-order valence-corrected chi connectivity index (χ2v) is 7.73. The molecule has 0 bridgehead atoms. The van der Waals surface area contributed by atoms with Crippen LogP contribution < -0.4 is 10.2 Å². The third-order valence-electron chi connectivity index (χ3n) is 5.51. The lowest BCUT2D eigenvalue weighted by atomic mass is 9.97. The van der Waals surface area contributed by atoms with Gasteiger partial charge in [-0.2, -0.15) is 13.2 Å². The first-order chi connectivity index (χ1) is 13.9. The van der Waals surface area contributed by atoms with Crippen LogP contribution in [0.3, 0.4) is 0 Å². The monoisotopic (exact) mass is 410 g/mol. The minimum atomic E-state index is -4.37. The van der Waals surface area contributed by atoms with Crippen LogP contribution in [0.2, 0.25) is 0 Å². The number of carbonyl (C=O) groups is 1. The van der Waals surface area contributed by atoms with E-state index < -0.39 is 11.7 Å². The van der Waals surface area contributed by atoms with Crippen molar-refractivity contribution < 1.29 is 18.0 Å². The van der Waals surface area contributed by atoms with Crippen molar-refractivity contribution >= 4 is 11.7 Å². The van der Waals surface area contributed by atoms with E-state index >= 15 is 0 Å². The lowest BCUT2D eigenvalue weighted by Gasteiger charge is -2.23. The van der Waals surface area contributed by atoms with Gasteiger partial charge in [0.05, 0.1) is 12.1 Å². The zero-order valence-corrected chi connectivity index (χ0v) is 16.7. The van der Waals surface area contributed by atoms with Crippen molar-refractivity contribution in [2.45, 2.75) is 44.7 Å². The molecule has 0 spiro atoms. The van der Waals surface area contributed by atoms with Crippen LogP contribution in [0.1, 0.15) is 44.1 Å². The summed E-state index contributed by atoms with van der Waals surface area (Å²) in [5.41, 5.74) is 0.712. The number of amides is 1. The van der Waals surface area contributed by atoms with Gasteiger partial charge >= 0.3 is 6.18 Å². The average Bonchev–Trinajstić information content (AvgIpc) is 2.94. The zero-order valence-electron chi connectivity index (χ0n) is 16.7. The molecule has 0 unspecified atom stereocenters. The van der Waals surface area contributed by atoms with Crippen LogP contribution in [0.4, 0.5) is 19.0 Å². The van der Waals surface area contributed by atoms with Crippen molar-refractivity contribution in [1.82, 2.24) is 15.2 Å². The molecule has 1 saturated heterocycles. The molecule has 1 amide bonds. The number of hydrogen-bond acceptors (Lipinski definition) is 4. The quantitative estimate of drug-likeness (QED) is 0.728. The third kappa shape index (κ3) is 6.73. The molecule has 2 aliphatic rings. The van der Waals surface area contributed by atoms with Gasteiger partial charge in [0.2, 0.25) is 5.91 Å². The van der Waals surface area contributed by atoms with Gasteiger partial charge in [0.25, 0.3) is 0 Å². The fourth-order valence-electron chi connectivity index (χ4n) is 3.85. The molecule has 160 valence electrons. The fraction of sp³-hybridized carbons (Fsp3) is 0.619. The number of rotatable bonds is 6. The first-order valence-corrected chi connectivity index (χ1v) is 10.4. The number of carbonyl (C=O) groups excluding carboxylic acids is 1. The maximum absolute atomic E-state index is 12.7. The van der Waals surface area contributed by atoms with Gasteiger partial charge in [-0.1, -0.05) is 11.6 Å². The first kappa shape index (κ1) is 21.6. The van der Waals surface area contributed by atoms with E-state index in [-0.39, 0.29) is 5.91 Å². The lowest BCUT2D eigenvalue weighted by molar-refractivity contribution is -0.137. The molecule has 1 aromatic heterocycles. The second-order valence-electron chi connectivity index (χ2n) is 7.73. The maximum atomic E-state index is 12.7. The van der Waals surface area contributed by atoms with Crippen molar-refractivity contribution in [3.8, 4) is 0 Å². The molecular weight excluding hydrogens is 381 g/mol. The molecule has 2 heterocycles. The Hall–Kier alpha value is -2.09. The molecule has 8 heteroatoms. The van der Waals surface area contributed by atoms with E-state index in [4.69, 9.17) is 0 Å². The normalized spacial score (nSPS) is 18.9. The van der Waals surface area contributed by atoms with Crippen LogP contribution in [0.5, 0.6) is 0 Å². The van der Waals surface area contributed by atoms with Crippen molar-refractivity contribution in [1.29, 1.82) is 0 Å². The molecule has 3 rings (SSSR count). The Kier molecular flexibility index (Phi) is 7.52. The Morgan fingerprint density at radius 1 is 1.10 bits per heavy atom. The molecule has 0 aromatic carbocycles. The number of aromatic nitrogens is 1. The molecule has 29 heavy (non-hydrogen) atoms. The summed E-state index contributed by atoms with van der Waals surface area (Å²) in [7, 11) is 0. The summed E-state index contributed by atoms with van der Waals surface area (Å²) in [6, 6.07) is 2.49. The van der Waals surface area contributed by atoms with Crippen LogP contribution in [-0.2, 0) is 11.0 Å². The van der Waals surface area contributed by atoms with Gasteiger partial charge in [0.1, 0.15) is 5.82 Å². The summed E-state index contributed by atoms with van der Waals surface area (Å²) in [4.78, 5) is 20.3. The number of nitrogens with one attached hydrogen (secondary N) is 1. The van der Waals surface area contributed by atoms with Gasteiger partial charge in [-0.05, 0) is 50.7 Å².